The molecule has 1 aliphatic rings. The Morgan fingerprint density at radius 2 is 1.67 bits per heavy atom. The van der Waals surface area contributed by atoms with E-state index in [1.54, 1.807) is 11.0 Å². The minimum absolute atomic E-state index is 0.0963. The summed E-state index contributed by atoms with van der Waals surface area (Å²) in [6.07, 6.45) is 2.41. The summed E-state index contributed by atoms with van der Waals surface area (Å²) in [5.41, 5.74) is 3.73. The van der Waals surface area contributed by atoms with Crippen molar-refractivity contribution in [3.63, 3.8) is 0 Å². The molecule has 0 aromatic heterocycles. The molecule has 0 bridgehead atoms. The van der Waals surface area contributed by atoms with Gasteiger partial charge in [-0.2, -0.15) is 0 Å². The van der Waals surface area contributed by atoms with Crippen LogP contribution in [-0.2, 0) is 25.4 Å². The van der Waals surface area contributed by atoms with E-state index >= 15 is 0 Å². The number of nitrogens with zero attached hydrogens (tertiary/aromatic N) is 1. The standard InChI is InChI=1S/C37H47NO7/c1-26(2)43-32-24-30(19-20-31(32)35(39)41-6)28-17-15-27(16-18-28)21-22-38(36(40)45-37(3,4)5)25-33(29-12-8-7-9-13-29)44-34-14-10-11-23-42-34/h7-9,12-13,15-20,24,26,33-34H,10-11,14,21-23,25H2,1-6H3/t33-,34?/m0/s1. The first-order chi connectivity index (χ1) is 21.5. The zero-order valence-electron chi connectivity index (χ0n) is 27.4. The minimum Gasteiger partial charge on any atom is -0.490 e. The van der Waals surface area contributed by atoms with Crippen LogP contribution in [-0.4, -0.2) is 61.8 Å². The van der Waals surface area contributed by atoms with Gasteiger partial charge in [-0.05, 0) is 94.7 Å². The maximum absolute atomic E-state index is 13.5. The minimum atomic E-state index is -0.631. The molecule has 1 unspecified atom stereocenters. The van der Waals surface area contributed by atoms with Crippen LogP contribution >= 0.6 is 0 Å². The molecule has 2 atom stereocenters. The fraction of sp³-hybridized carbons (Fsp3) is 0.459. The van der Waals surface area contributed by atoms with Crippen LogP contribution in [0.25, 0.3) is 11.1 Å². The summed E-state index contributed by atoms with van der Waals surface area (Å²) >= 11 is 0. The summed E-state index contributed by atoms with van der Waals surface area (Å²) in [6.45, 7) is 10.9. The molecule has 1 saturated heterocycles. The van der Waals surface area contributed by atoms with Gasteiger partial charge in [-0.15, -0.1) is 0 Å². The molecule has 4 rings (SSSR count). The van der Waals surface area contributed by atoms with E-state index in [0.717, 1.165) is 41.5 Å². The predicted molar refractivity (Wildman–Crippen MR) is 174 cm³/mol. The first-order valence-corrected chi connectivity index (χ1v) is 15.8. The van der Waals surface area contributed by atoms with E-state index in [2.05, 4.69) is 12.1 Å². The van der Waals surface area contributed by atoms with Gasteiger partial charge < -0.3 is 28.6 Å². The topological polar surface area (TPSA) is 83.5 Å². The number of carbonyl (C=O) groups excluding carboxylic acids is 2. The normalized spacial score (nSPS) is 15.8. The number of carbonyl (C=O) groups is 2. The largest absolute Gasteiger partial charge is 0.490 e. The second-order valence-corrected chi connectivity index (χ2v) is 12.6. The van der Waals surface area contributed by atoms with Gasteiger partial charge in [0.05, 0.1) is 19.8 Å². The Morgan fingerprint density at radius 3 is 2.29 bits per heavy atom. The molecule has 45 heavy (non-hydrogen) atoms. The Hall–Kier alpha value is -3.88. The van der Waals surface area contributed by atoms with Gasteiger partial charge in [0.2, 0.25) is 0 Å². The SMILES string of the molecule is COC(=O)c1ccc(-c2ccc(CCN(C[C@H](OC3CCCCO3)c3ccccc3)C(=O)OC(C)(C)C)cc2)cc1OC(C)C. The first-order valence-electron chi connectivity index (χ1n) is 15.8. The lowest BCUT2D eigenvalue weighted by molar-refractivity contribution is -0.192. The van der Waals surface area contributed by atoms with E-state index in [1.807, 2.05) is 89.2 Å². The van der Waals surface area contributed by atoms with E-state index in [4.69, 9.17) is 23.7 Å². The summed E-state index contributed by atoms with van der Waals surface area (Å²) < 4.78 is 29.0. The van der Waals surface area contributed by atoms with Crippen molar-refractivity contribution in [2.45, 2.75) is 84.4 Å². The summed E-state index contributed by atoms with van der Waals surface area (Å²) in [5, 5.41) is 0. The molecule has 8 nitrogen and oxygen atoms in total. The monoisotopic (exact) mass is 617 g/mol. The zero-order valence-corrected chi connectivity index (χ0v) is 27.4. The van der Waals surface area contributed by atoms with Gasteiger partial charge in [-0.3, -0.25) is 0 Å². The lowest BCUT2D eigenvalue weighted by Gasteiger charge is -2.33. The van der Waals surface area contributed by atoms with Crippen LogP contribution in [0.2, 0.25) is 0 Å². The maximum atomic E-state index is 13.5. The molecule has 1 heterocycles. The third-order valence-corrected chi connectivity index (χ3v) is 7.37. The van der Waals surface area contributed by atoms with Crippen LogP contribution in [0, 0.1) is 0 Å². The molecule has 0 spiro atoms. The molecule has 1 amide bonds. The highest BCUT2D eigenvalue weighted by Gasteiger charge is 2.28. The maximum Gasteiger partial charge on any atom is 0.410 e. The van der Waals surface area contributed by atoms with Gasteiger partial charge in [0, 0.05) is 13.2 Å². The second-order valence-electron chi connectivity index (χ2n) is 12.6. The Kier molecular flexibility index (Phi) is 12.0. The van der Waals surface area contributed by atoms with E-state index in [-0.39, 0.29) is 24.6 Å². The van der Waals surface area contributed by atoms with Crippen LogP contribution in [0.15, 0.2) is 72.8 Å². The van der Waals surface area contributed by atoms with Crippen molar-refractivity contribution in [1.82, 2.24) is 4.90 Å². The fourth-order valence-corrected chi connectivity index (χ4v) is 5.14. The van der Waals surface area contributed by atoms with E-state index < -0.39 is 11.6 Å². The Bertz CT molecular complexity index is 1380. The molecule has 242 valence electrons. The molecule has 1 aliphatic heterocycles. The van der Waals surface area contributed by atoms with Crippen molar-refractivity contribution in [2.75, 3.05) is 26.8 Å². The highest BCUT2D eigenvalue weighted by atomic mass is 16.7. The lowest BCUT2D eigenvalue weighted by atomic mass is 10.0. The van der Waals surface area contributed by atoms with Crippen molar-refractivity contribution >= 4 is 12.1 Å². The Morgan fingerprint density at radius 1 is 0.956 bits per heavy atom. The van der Waals surface area contributed by atoms with Gasteiger partial charge in [-0.1, -0.05) is 60.7 Å². The van der Waals surface area contributed by atoms with Crippen LogP contribution in [0.5, 0.6) is 5.75 Å². The predicted octanol–water partition coefficient (Wildman–Crippen LogP) is 7.99. The first kappa shape index (κ1) is 34.0. The molecule has 0 saturated carbocycles. The van der Waals surface area contributed by atoms with Gasteiger partial charge in [0.25, 0.3) is 0 Å². The average Bonchev–Trinajstić information content (AvgIpc) is 3.02. The molecular weight excluding hydrogens is 570 g/mol. The molecule has 0 radical (unpaired) electrons. The van der Waals surface area contributed by atoms with Gasteiger partial charge in [0.1, 0.15) is 23.0 Å². The number of ether oxygens (including phenoxy) is 5. The molecular formula is C37H47NO7. The highest BCUT2D eigenvalue weighted by Crippen LogP contribution is 2.30. The van der Waals surface area contributed by atoms with E-state index in [9.17, 15) is 9.59 Å². The number of rotatable bonds is 12. The van der Waals surface area contributed by atoms with Gasteiger partial charge in [0.15, 0.2) is 6.29 Å². The smallest absolute Gasteiger partial charge is 0.410 e. The van der Waals surface area contributed by atoms with E-state index in [0.29, 0.717) is 37.4 Å². The van der Waals surface area contributed by atoms with Crippen LogP contribution in [0.4, 0.5) is 4.79 Å². The second kappa shape index (κ2) is 15.9. The summed E-state index contributed by atoms with van der Waals surface area (Å²) in [5.74, 6) is 0.0495. The third-order valence-electron chi connectivity index (χ3n) is 7.37. The van der Waals surface area contributed by atoms with Crippen molar-refractivity contribution < 1.29 is 33.3 Å². The molecule has 3 aromatic carbocycles. The number of benzene rings is 3. The number of hydrogen-bond acceptors (Lipinski definition) is 7. The number of amides is 1. The van der Waals surface area contributed by atoms with Gasteiger partial charge >= 0.3 is 12.1 Å². The van der Waals surface area contributed by atoms with Crippen molar-refractivity contribution in [1.29, 1.82) is 0 Å². The third kappa shape index (κ3) is 10.3. The van der Waals surface area contributed by atoms with Crippen LogP contribution in [0.3, 0.4) is 0 Å². The Balaban J connectivity index is 1.51. The number of methoxy groups -OCH3 is 1. The average molecular weight is 618 g/mol. The van der Waals surface area contributed by atoms with Crippen LogP contribution in [0.1, 0.15) is 81.5 Å². The Labute approximate surface area is 267 Å². The molecule has 1 fully saturated rings. The highest BCUT2D eigenvalue weighted by molar-refractivity contribution is 5.93. The van der Waals surface area contributed by atoms with E-state index in [1.165, 1.54) is 7.11 Å². The van der Waals surface area contributed by atoms with Crippen molar-refractivity contribution in [3.05, 3.63) is 89.5 Å². The molecule has 8 heteroatoms. The van der Waals surface area contributed by atoms with Crippen molar-refractivity contribution in [2.24, 2.45) is 0 Å². The number of hydrogen-bond donors (Lipinski definition) is 0. The molecule has 0 aliphatic carbocycles. The lowest BCUT2D eigenvalue weighted by Crippen LogP contribution is -2.41. The fourth-order valence-electron chi connectivity index (χ4n) is 5.14. The summed E-state index contributed by atoms with van der Waals surface area (Å²) in [4.78, 5) is 27.4. The quantitative estimate of drug-likeness (QED) is 0.191. The van der Waals surface area contributed by atoms with Gasteiger partial charge in [-0.25, -0.2) is 9.59 Å². The molecule has 3 aromatic rings. The zero-order chi connectivity index (χ0) is 32.4. The van der Waals surface area contributed by atoms with Crippen molar-refractivity contribution in [3.8, 4) is 16.9 Å². The van der Waals surface area contributed by atoms with Crippen LogP contribution < -0.4 is 4.74 Å². The summed E-state index contributed by atoms with van der Waals surface area (Å²) in [7, 11) is 1.36. The summed E-state index contributed by atoms with van der Waals surface area (Å²) in [6, 6.07) is 23.6. The number of esters is 1. The molecule has 0 N–H and O–H groups in total.